The Bertz CT molecular complexity index is 816. The first kappa shape index (κ1) is 15.4. The molecule has 4 rings (SSSR count). The summed E-state index contributed by atoms with van der Waals surface area (Å²) in [6, 6.07) is 16.1. The average Bonchev–Trinajstić information content (AvgIpc) is 2.93. The molecule has 1 fully saturated rings. The lowest BCUT2D eigenvalue weighted by atomic mass is 9.98. The summed E-state index contributed by atoms with van der Waals surface area (Å²) < 4.78 is 5.43. The van der Waals surface area contributed by atoms with Crippen molar-refractivity contribution >= 4 is 17.9 Å². The van der Waals surface area contributed by atoms with Crippen LogP contribution in [0.3, 0.4) is 0 Å². The Kier molecular flexibility index (Phi) is 3.72. The van der Waals surface area contributed by atoms with Gasteiger partial charge >= 0.3 is 6.09 Å². The zero-order chi connectivity index (χ0) is 17.4. The molecule has 6 heteroatoms. The number of hydrogen-bond donors (Lipinski definition) is 1. The molecule has 2 aromatic carbocycles. The summed E-state index contributed by atoms with van der Waals surface area (Å²) in [6.07, 6.45) is -0.648. The molecule has 0 saturated carbocycles. The molecule has 0 atom stereocenters. The van der Waals surface area contributed by atoms with Crippen LogP contribution >= 0.6 is 0 Å². The number of ether oxygens (including phenoxy) is 1. The number of carbonyl (C=O) groups excluding carboxylic acids is 3. The maximum absolute atomic E-state index is 12.2. The van der Waals surface area contributed by atoms with E-state index in [0.717, 1.165) is 27.2 Å². The first-order chi connectivity index (χ1) is 12.1. The van der Waals surface area contributed by atoms with Crippen LogP contribution in [0.25, 0.3) is 11.1 Å². The van der Waals surface area contributed by atoms with Gasteiger partial charge in [-0.2, -0.15) is 0 Å². The van der Waals surface area contributed by atoms with Crippen LogP contribution in [0, 0.1) is 0 Å². The minimum atomic E-state index is -0.648. The fourth-order valence-corrected chi connectivity index (χ4v) is 3.45. The molecule has 0 bridgehead atoms. The first-order valence-corrected chi connectivity index (χ1v) is 8.06. The van der Waals surface area contributed by atoms with E-state index in [2.05, 4.69) is 17.4 Å². The molecule has 2 aliphatic rings. The Morgan fingerprint density at radius 1 is 0.960 bits per heavy atom. The number of fused-ring (bicyclic) bond motifs is 3. The molecule has 126 valence electrons. The molecule has 0 aromatic heterocycles. The van der Waals surface area contributed by atoms with Gasteiger partial charge in [-0.15, -0.1) is 0 Å². The lowest BCUT2D eigenvalue weighted by molar-refractivity contribution is -0.135. The van der Waals surface area contributed by atoms with Gasteiger partial charge in [-0.3, -0.25) is 19.8 Å². The number of benzene rings is 2. The van der Waals surface area contributed by atoms with Crippen LogP contribution < -0.4 is 5.32 Å². The first-order valence-electron chi connectivity index (χ1n) is 8.06. The largest absolute Gasteiger partial charge is 0.448 e. The summed E-state index contributed by atoms with van der Waals surface area (Å²) in [7, 11) is 0. The monoisotopic (exact) mass is 336 g/mol. The predicted molar refractivity (Wildman–Crippen MR) is 89.8 cm³/mol. The van der Waals surface area contributed by atoms with E-state index in [4.69, 9.17) is 4.74 Å². The van der Waals surface area contributed by atoms with Gasteiger partial charge in [0.05, 0.1) is 0 Å². The molecule has 1 N–H and O–H groups in total. The van der Waals surface area contributed by atoms with E-state index >= 15 is 0 Å². The number of piperazine rings is 1. The van der Waals surface area contributed by atoms with E-state index < -0.39 is 17.9 Å². The molecular weight excluding hydrogens is 320 g/mol. The van der Waals surface area contributed by atoms with E-state index in [1.165, 1.54) is 0 Å². The molecule has 6 nitrogen and oxygen atoms in total. The third-order valence-electron chi connectivity index (χ3n) is 4.54. The topological polar surface area (TPSA) is 75.7 Å². The zero-order valence-electron chi connectivity index (χ0n) is 13.4. The number of imide groups is 1. The smallest absolute Gasteiger partial charge is 0.410 e. The highest BCUT2D eigenvalue weighted by atomic mass is 16.6. The molecule has 2 aromatic rings. The lowest BCUT2D eigenvalue weighted by Gasteiger charge is -2.25. The minimum Gasteiger partial charge on any atom is -0.448 e. The van der Waals surface area contributed by atoms with Crippen molar-refractivity contribution < 1.29 is 19.1 Å². The van der Waals surface area contributed by atoms with Crippen molar-refractivity contribution in [2.45, 2.75) is 5.92 Å². The SMILES string of the molecule is O=C1CN(C(=O)OCC2c3ccccc3-c3ccccc32)CC(=O)N1. The maximum atomic E-state index is 12.2. The van der Waals surface area contributed by atoms with Gasteiger partial charge in [-0.05, 0) is 22.3 Å². The van der Waals surface area contributed by atoms with Gasteiger partial charge < -0.3 is 4.74 Å². The van der Waals surface area contributed by atoms with Crippen molar-refractivity contribution in [3.05, 3.63) is 59.7 Å². The van der Waals surface area contributed by atoms with Crippen LogP contribution in [0.1, 0.15) is 17.0 Å². The number of nitrogens with one attached hydrogen (secondary N) is 1. The van der Waals surface area contributed by atoms with E-state index in [1.807, 2.05) is 36.4 Å². The fraction of sp³-hybridized carbons (Fsp3) is 0.211. The number of nitrogens with zero attached hydrogens (tertiary/aromatic N) is 1. The standard InChI is InChI=1S/C19H16N2O4/c22-17-9-21(10-18(23)20-17)19(24)25-11-16-14-7-3-1-5-12(14)13-6-2-4-8-15(13)16/h1-8,16H,9-11H2,(H,20,22,23). The number of rotatable bonds is 2. The van der Waals surface area contributed by atoms with Gasteiger partial charge in [0.15, 0.2) is 0 Å². The van der Waals surface area contributed by atoms with Crippen LogP contribution in [0.4, 0.5) is 4.79 Å². The molecular formula is C19H16N2O4. The van der Waals surface area contributed by atoms with E-state index in [9.17, 15) is 14.4 Å². The Balaban J connectivity index is 1.52. The van der Waals surface area contributed by atoms with Gasteiger partial charge in [0.1, 0.15) is 19.7 Å². The summed E-state index contributed by atoms with van der Waals surface area (Å²) in [6.45, 7) is -0.163. The van der Waals surface area contributed by atoms with Gasteiger partial charge in [0, 0.05) is 5.92 Å². The summed E-state index contributed by atoms with van der Waals surface area (Å²) in [5.41, 5.74) is 4.52. The average molecular weight is 336 g/mol. The quantitative estimate of drug-likeness (QED) is 0.850. The zero-order valence-corrected chi connectivity index (χ0v) is 13.4. The number of amides is 3. The third-order valence-corrected chi connectivity index (χ3v) is 4.54. The van der Waals surface area contributed by atoms with Crippen molar-refractivity contribution in [2.24, 2.45) is 0 Å². The van der Waals surface area contributed by atoms with E-state index in [0.29, 0.717) is 0 Å². The van der Waals surface area contributed by atoms with Gasteiger partial charge in [-0.1, -0.05) is 48.5 Å². The van der Waals surface area contributed by atoms with Crippen molar-refractivity contribution in [3.8, 4) is 11.1 Å². The molecule has 1 saturated heterocycles. The number of carbonyl (C=O) groups is 3. The van der Waals surface area contributed by atoms with Crippen molar-refractivity contribution in [1.29, 1.82) is 0 Å². The van der Waals surface area contributed by atoms with Crippen molar-refractivity contribution in [2.75, 3.05) is 19.7 Å². The van der Waals surface area contributed by atoms with Crippen LogP contribution in [-0.4, -0.2) is 42.5 Å². The van der Waals surface area contributed by atoms with Crippen LogP contribution in [0.15, 0.2) is 48.5 Å². The van der Waals surface area contributed by atoms with Crippen LogP contribution in [0.5, 0.6) is 0 Å². The highest BCUT2D eigenvalue weighted by Gasteiger charge is 2.31. The second-order valence-corrected chi connectivity index (χ2v) is 6.13. The summed E-state index contributed by atoms with van der Waals surface area (Å²) in [4.78, 5) is 36.1. The highest BCUT2D eigenvalue weighted by Crippen LogP contribution is 2.44. The summed E-state index contributed by atoms with van der Waals surface area (Å²) in [5, 5.41) is 2.16. The molecule has 1 aliphatic carbocycles. The molecule has 1 aliphatic heterocycles. The molecule has 1 heterocycles. The summed E-state index contributed by atoms with van der Waals surface area (Å²) in [5.74, 6) is -1.04. The fourth-order valence-electron chi connectivity index (χ4n) is 3.45. The number of hydrogen-bond acceptors (Lipinski definition) is 4. The van der Waals surface area contributed by atoms with Gasteiger partial charge in [0.25, 0.3) is 0 Å². The van der Waals surface area contributed by atoms with Crippen LogP contribution in [-0.2, 0) is 14.3 Å². The highest BCUT2D eigenvalue weighted by molar-refractivity contribution is 6.01. The maximum Gasteiger partial charge on any atom is 0.410 e. The molecule has 0 unspecified atom stereocenters. The normalized spacial score (nSPS) is 16.2. The second-order valence-electron chi connectivity index (χ2n) is 6.13. The molecule has 25 heavy (non-hydrogen) atoms. The lowest BCUT2D eigenvalue weighted by Crippen LogP contribution is -2.53. The van der Waals surface area contributed by atoms with Crippen molar-refractivity contribution in [1.82, 2.24) is 10.2 Å². The van der Waals surface area contributed by atoms with Gasteiger partial charge in [-0.25, -0.2) is 4.79 Å². The second kappa shape index (κ2) is 6.05. The molecule has 3 amide bonds. The van der Waals surface area contributed by atoms with E-state index in [-0.39, 0.29) is 25.6 Å². The Morgan fingerprint density at radius 3 is 2.04 bits per heavy atom. The Labute approximate surface area is 144 Å². The van der Waals surface area contributed by atoms with Crippen LogP contribution in [0.2, 0.25) is 0 Å². The van der Waals surface area contributed by atoms with Crippen molar-refractivity contribution in [3.63, 3.8) is 0 Å². The molecule has 0 radical (unpaired) electrons. The summed E-state index contributed by atoms with van der Waals surface area (Å²) >= 11 is 0. The van der Waals surface area contributed by atoms with E-state index in [1.54, 1.807) is 0 Å². The third kappa shape index (κ3) is 2.76. The minimum absolute atomic E-state index is 0.0503. The molecule has 0 spiro atoms. The Morgan fingerprint density at radius 2 is 1.48 bits per heavy atom. The Hall–Kier alpha value is -3.15. The van der Waals surface area contributed by atoms with Gasteiger partial charge in [0.2, 0.25) is 11.8 Å². The predicted octanol–water partition coefficient (Wildman–Crippen LogP) is 1.89.